The maximum absolute atomic E-state index is 13.1. The van der Waals surface area contributed by atoms with Crippen LogP contribution in [0, 0.1) is 12.7 Å². The first kappa shape index (κ1) is 17.7. The van der Waals surface area contributed by atoms with Crippen molar-refractivity contribution in [2.24, 2.45) is 0 Å². The fourth-order valence-electron chi connectivity index (χ4n) is 3.47. The summed E-state index contributed by atoms with van der Waals surface area (Å²) in [6.45, 7) is 7.69. The zero-order valence-electron chi connectivity index (χ0n) is 15.6. The summed E-state index contributed by atoms with van der Waals surface area (Å²) in [5.41, 5.74) is 3.17. The summed E-state index contributed by atoms with van der Waals surface area (Å²) in [5, 5.41) is 8.50. The van der Waals surface area contributed by atoms with E-state index in [0.717, 1.165) is 43.0 Å². The Kier molecular flexibility index (Phi) is 4.90. The van der Waals surface area contributed by atoms with Gasteiger partial charge >= 0.3 is 0 Å². The average Bonchev–Trinajstić information content (AvgIpc) is 3.18. The van der Waals surface area contributed by atoms with Crippen LogP contribution in [0.15, 0.2) is 52.9 Å². The minimum Gasteiger partial charge on any atom is -0.419 e. The fourth-order valence-corrected chi connectivity index (χ4v) is 3.47. The zero-order chi connectivity index (χ0) is 18.8. The minimum absolute atomic E-state index is 0.0615. The van der Waals surface area contributed by atoms with Gasteiger partial charge in [0.2, 0.25) is 11.8 Å². The Labute approximate surface area is 158 Å². The first-order valence-electron chi connectivity index (χ1n) is 9.25. The van der Waals surface area contributed by atoms with Gasteiger partial charge < -0.3 is 9.32 Å². The van der Waals surface area contributed by atoms with Gasteiger partial charge in [-0.3, -0.25) is 4.90 Å². The van der Waals surface area contributed by atoms with Crippen molar-refractivity contribution in [2.75, 3.05) is 31.1 Å². The number of piperazine rings is 1. The summed E-state index contributed by atoms with van der Waals surface area (Å²) in [7, 11) is 0. The first-order chi connectivity index (χ1) is 13.1. The van der Waals surface area contributed by atoms with Crippen molar-refractivity contribution in [1.29, 1.82) is 0 Å². The van der Waals surface area contributed by atoms with Gasteiger partial charge in [0, 0.05) is 37.4 Å². The predicted octanol–water partition coefficient (Wildman–Crippen LogP) is 4.07. The van der Waals surface area contributed by atoms with Crippen LogP contribution in [0.2, 0.25) is 0 Å². The molecule has 1 atom stereocenters. The third kappa shape index (κ3) is 3.85. The van der Waals surface area contributed by atoms with Crippen molar-refractivity contribution in [3.05, 3.63) is 65.8 Å². The molecule has 1 aliphatic rings. The Morgan fingerprint density at radius 1 is 1.00 bits per heavy atom. The van der Waals surface area contributed by atoms with E-state index in [9.17, 15) is 4.39 Å². The van der Waals surface area contributed by atoms with Gasteiger partial charge in [0.15, 0.2) is 0 Å². The zero-order valence-corrected chi connectivity index (χ0v) is 15.6. The van der Waals surface area contributed by atoms with E-state index >= 15 is 0 Å². The van der Waals surface area contributed by atoms with Crippen molar-refractivity contribution >= 4 is 5.69 Å². The van der Waals surface area contributed by atoms with Gasteiger partial charge in [-0.1, -0.05) is 17.7 Å². The fraction of sp³-hybridized carbons (Fsp3) is 0.333. The molecular formula is C21H23FN4O. The normalized spacial score (nSPS) is 16.5. The number of hydrogen-bond acceptors (Lipinski definition) is 5. The van der Waals surface area contributed by atoms with E-state index in [2.05, 4.69) is 26.9 Å². The maximum atomic E-state index is 13.1. The van der Waals surface area contributed by atoms with E-state index in [0.29, 0.717) is 11.8 Å². The summed E-state index contributed by atoms with van der Waals surface area (Å²) >= 11 is 0. The summed E-state index contributed by atoms with van der Waals surface area (Å²) in [4.78, 5) is 4.61. The second kappa shape index (κ2) is 7.48. The highest BCUT2D eigenvalue weighted by atomic mass is 19.1. The number of aromatic nitrogens is 2. The first-order valence-corrected chi connectivity index (χ1v) is 9.25. The monoisotopic (exact) mass is 366 g/mol. The quantitative estimate of drug-likeness (QED) is 0.697. The smallest absolute Gasteiger partial charge is 0.247 e. The van der Waals surface area contributed by atoms with Crippen LogP contribution in [0.4, 0.5) is 10.1 Å². The third-order valence-corrected chi connectivity index (χ3v) is 5.12. The third-order valence-electron chi connectivity index (χ3n) is 5.12. The molecule has 2 aromatic carbocycles. The Morgan fingerprint density at radius 3 is 2.44 bits per heavy atom. The van der Waals surface area contributed by atoms with E-state index in [1.165, 1.54) is 12.1 Å². The van der Waals surface area contributed by atoms with E-state index in [-0.39, 0.29) is 11.9 Å². The molecule has 6 heteroatoms. The molecule has 1 aromatic heterocycles. The lowest BCUT2D eigenvalue weighted by Gasteiger charge is -2.38. The van der Waals surface area contributed by atoms with Crippen LogP contribution in [0.3, 0.4) is 0 Å². The molecule has 1 aliphatic heterocycles. The Bertz CT molecular complexity index is 901. The lowest BCUT2D eigenvalue weighted by molar-refractivity contribution is 0.174. The van der Waals surface area contributed by atoms with Gasteiger partial charge in [-0.15, -0.1) is 10.2 Å². The van der Waals surface area contributed by atoms with Gasteiger partial charge in [0.05, 0.1) is 6.04 Å². The second-order valence-corrected chi connectivity index (χ2v) is 6.99. The lowest BCUT2D eigenvalue weighted by atomic mass is 10.1. The van der Waals surface area contributed by atoms with Gasteiger partial charge in [-0.25, -0.2) is 4.39 Å². The Balaban J connectivity index is 1.41. The molecule has 3 aromatic rings. The van der Waals surface area contributed by atoms with Gasteiger partial charge in [0.25, 0.3) is 0 Å². The number of aryl methyl sites for hydroxylation is 1. The Hall–Kier alpha value is -2.73. The summed E-state index contributed by atoms with van der Waals surface area (Å²) in [6, 6.07) is 14.8. The largest absolute Gasteiger partial charge is 0.419 e. The minimum atomic E-state index is -0.202. The molecule has 5 nitrogen and oxygen atoms in total. The van der Waals surface area contributed by atoms with Crippen LogP contribution in [0.1, 0.15) is 24.4 Å². The van der Waals surface area contributed by atoms with Gasteiger partial charge in [-0.2, -0.15) is 0 Å². The summed E-state index contributed by atoms with van der Waals surface area (Å²) in [6.07, 6.45) is 0. The molecule has 1 saturated heterocycles. The lowest BCUT2D eigenvalue weighted by Crippen LogP contribution is -2.47. The Morgan fingerprint density at radius 2 is 1.74 bits per heavy atom. The van der Waals surface area contributed by atoms with Crippen molar-refractivity contribution in [1.82, 2.24) is 15.1 Å². The molecule has 4 rings (SSSR count). The highest BCUT2D eigenvalue weighted by Gasteiger charge is 2.26. The molecule has 0 radical (unpaired) electrons. The standard InChI is InChI=1S/C21H23FN4O/c1-15-4-3-5-17(14-15)21-24-23-20(27-21)16(2)25-10-12-26(13-11-25)19-8-6-18(22)7-9-19/h3-9,14,16H,10-13H2,1-2H3/t16-/m1/s1. The van der Waals surface area contributed by atoms with Crippen LogP contribution >= 0.6 is 0 Å². The summed E-state index contributed by atoms with van der Waals surface area (Å²) in [5.74, 6) is 0.999. The van der Waals surface area contributed by atoms with Crippen LogP contribution in [0.5, 0.6) is 0 Å². The van der Waals surface area contributed by atoms with Crippen molar-refractivity contribution in [3.8, 4) is 11.5 Å². The SMILES string of the molecule is Cc1cccc(-c2nnc([C@@H](C)N3CCN(c4ccc(F)cc4)CC3)o2)c1. The predicted molar refractivity (Wildman–Crippen MR) is 103 cm³/mol. The number of anilines is 1. The number of benzene rings is 2. The highest BCUT2D eigenvalue weighted by Crippen LogP contribution is 2.26. The molecule has 0 spiro atoms. The van der Waals surface area contributed by atoms with E-state index in [4.69, 9.17) is 4.42 Å². The molecule has 1 fully saturated rings. The molecular weight excluding hydrogens is 343 g/mol. The van der Waals surface area contributed by atoms with Crippen molar-refractivity contribution in [2.45, 2.75) is 19.9 Å². The second-order valence-electron chi connectivity index (χ2n) is 6.99. The van der Waals surface area contributed by atoms with Crippen LogP contribution in [-0.2, 0) is 0 Å². The molecule has 0 unspecified atom stereocenters. The molecule has 0 amide bonds. The molecule has 140 valence electrons. The van der Waals surface area contributed by atoms with Crippen LogP contribution < -0.4 is 4.90 Å². The molecule has 2 heterocycles. The average molecular weight is 366 g/mol. The topological polar surface area (TPSA) is 45.4 Å². The molecule has 0 aliphatic carbocycles. The van der Waals surface area contributed by atoms with Crippen molar-refractivity contribution < 1.29 is 8.81 Å². The van der Waals surface area contributed by atoms with Gasteiger partial charge in [0.1, 0.15) is 5.82 Å². The maximum Gasteiger partial charge on any atom is 0.247 e. The number of rotatable bonds is 4. The van der Waals surface area contributed by atoms with Crippen LogP contribution in [-0.4, -0.2) is 41.3 Å². The van der Waals surface area contributed by atoms with E-state index in [1.54, 1.807) is 0 Å². The van der Waals surface area contributed by atoms with Gasteiger partial charge in [-0.05, 0) is 50.2 Å². The van der Waals surface area contributed by atoms with E-state index in [1.807, 2.05) is 43.3 Å². The van der Waals surface area contributed by atoms with E-state index < -0.39 is 0 Å². The molecule has 0 saturated carbocycles. The highest BCUT2D eigenvalue weighted by molar-refractivity contribution is 5.53. The summed E-state index contributed by atoms with van der Waals surface area (Å²) < 4.78 is 19.1. The number of nitrogens with zero attached hydrogens (tertiary/aromatic N) is 4. The molecule has 0 N–H and O–H groups in total. The van der Waals surface area contributed by atoms with Crippen molar-refractivity contribution in [3.63, 3.8) is 0 Å². The molecule has 0 bridgehead atoms. The van der Waals surface area contributed by atoms with Crippen LogP contribution in [0.25, 0.3) is 11.5 Å². The number of hydrogen-bond donors (Lipinski definition) is 0. The molecule has 27 heavy (non-hydrogen) atoms. The number of halogens is 1.